The molecule has 2 heterocycles. The van der Waals surface area contributed by atoms with E-state index in [0.717, 1.165) is 11.6 Å². The van der Waals surface area contributed by atoms with E-state index in [4.69, 9.17) is 5.73 Å². The molecule has 7 heteroatoms. The molecule has 3 aromatic rings. The molecule has 3 rings (SSSR count). The van der Waals surface area contributed by atoms with Crippen molar-refractivity contribution in [3.05, 3.63) is 48.0 Å². The summed E-state index contributed by atoms with van der Waals surface area (Å²) in [5.74, 6) is 0.0545. The number of fused-ring (bicyclic) bond motifs is 1. The molecule has 0 unspecified atom stereocenters. The van der Waals surface area contributed by atoms with Gasteiger partial charge in [-0.05, 0) is 24.1 Å². The third-order valence-electron chi connectivity index (χ3n) is 3.47. The first-order valence-electron chi connectivity index (χ1n) is 6.40. The molecule has 1 aromatic carbocycles. The van der Waals surface area contributed by atoms with Gasteiger partial charge in [-0.15, -0.1) is 0 Å². The summed E-state index contributed by atoms with van der Waals surface area (Å²) in [6, 6.07) is 5.10. The van der Waals surface area contributed by atoms with Crippen LogP contribution in [0, 0.1) is 6.92 Å². The van der Waals surface area contributed by atoms with Gasteiger partial charge in [-0.25, -0.2) is 15.0 Å². The largest absolute Gasteiger partial charge is 0.418 e. The van der Waals surface area contributed by atoms with Crippen molar-refractivity contribution in [2.24, 2.45) is 0 Å². The summed E-state index contributed by atoms with van der Waals surface area (Å²) in [5, 5.41) is 0.794. The molecule has 2 aromatic heterocycles. The first-order chi connectivity index (χ1) is 10.4. The molecule has 4 nitrogen and oxygen atoms in total. The first-order valence-corrected chi connectivity index (χ1v) is 6.40. The van der Waals surface area contributed by atoms with Crippen molar-refractivity contribution < 1.29 is 13.2 Å². The minimum atomic E-state index is -4.47. The highest BCUT2D eigenvalue weighted by Crippen LogP contribution is 2.38. The number of nitrogen functional groups attached to an aromatic ring is 1. The Morgan fingerprint density at radius 2 is 1.86 bits per heavy atom. The van der Waals surface area contributed by atoms with Crippen molar-refractivity contribution in [1.29, 1.82) is 0 Å². The second-order valence-electron chi connectivity index (χ2n) is 4.85. The number of anilines is 1. The van der Waals surface area contributed by atoms with Gasteiger partial charge in [-0.1, -0.05) is 12.1 Å². The van der Waals surface area contributed by atoms with Crippen LogP contribution in [-0.2, 0) is 6.18 Å². The molecule has 0 fully saturated rings. The quantitative estimate of drug-likeness (QED) is 0.746. The van der Waals surface area contributed by atoms with Gasteiger partial charge in [0.2, 0.25) is 0 Å². The van der Waals surface area contributed by atoms with E-state index in [-0.39, 0.29) is 16.9 Å². The number of benzene rings is 1. The second kappa shape index (κ2) is 4.94. The van der Waals surface area contributed by atoms with Crippen LogP contribution in [0.15, 0.2) is 36.9 Å². The molecule has 0 atom stereocenters. The number of halogens is 3. The van der Waals surface area contributed by atoms with Crippen LogP contribution < -0.4 is 5.73 Å². The lowest BCUT2D eigenvalue weighted by atomic mass is 9.97. The molecular formula is C15H11F3N4. The van der Waals surface area contributed by atoms with Gasteiger partial charge in [0.1, 0.15) is 12.1 Å². The Hall–Kier alpha value is -2.70. The van der Waals surface area contributed by atoms with Crippen LogP contribution >= 0.6 is 0 Å². The topological polar surface area (TPSA) is 64.7 Å². The van der Waals surface area contributed by atoms with E-state index < -0.39 is 11.7 Å². The van der Waals surface area contributed by atoms with E-state index in [1.54, 1.807) is 24.4 Å². The molecule has 112 valence electrons. The molecular weight excluding hydrogens is 293 g/mol. The molecule has 0 aliphatic carbocycles. The number of aromatic nitrogens is 3. The standard InChI is InChI=1S/C15H11F3N4/c1-8-11(15(16,17)18)6-21-14(19)13(8)9-2-3-10-5-20-7-22-12(10)4-9/h2-7H,1H3,(H2,19,21). The number of nitrogens with two attached hydrogens (primary N) is 1. The summed E-state index contributed by atoms with van der Waals surface area (Å²) < 4.78 is 39.1. The minimum Gasteiger partial charge on any atom is -0.383 e. The third-order valence-corrected chi connectivity index (χ3v) is 3.47. The van der Waals surface area contributed by atoms with Gasteiger partial charge < -0.3 is 5.73 Å². The smallest absolute Gasteiger partial charge is 0.383 e. The highest BCUT2D eigenvalue weighted by Gasteiger charge is 2.34. The van der Waals surface area contributed by atoms with Crippen molar-refractivity contribution in [1.82, 2.24) is 15.0 Å². The van der Waals surface area contributed by atoms with Crippen molar-refractivity contribution in [2.45, 2.75) is 13.1 Å². The highest BCUT2D eigenvalue weighted by atomic mass is 19.4. The molecule has 0 amide bonds. The highest BCUT2D eigenvalue weighted by molar-refractivity contribution is 5.87. The Balaban J connectivity index is 2.25. The van der Waals surface area contributed by atoms with Gasteiger partial charge in [0.05, 0.1) is 11.1 Å². The molecule has 0 radical (unpaired) electrons. The Morgan fingerprint density at radius 3 is 2.59 bits per heavy atom. The van der Waals surface area contributed by atoms with Gasteiger partial charge in [0.25, 0.3) is 0 Å². The Bertz CT molecular complexity index is 859. The van der Waals surface area contributed by atoms with Crippen LogP contribution in [0.4, 0.5) is 19.0 Å². The summed E-state index contributed by atoms with van der Waals surface area (Å²) >= 11 is 0. The average molecular weight is 304 g/mol. The molecule has 0 aliphatic heterocycles. The third kappa shape index (κ3) is 2.34. The summed E-state index contributed by atoms with van der Waals surface area (Å²) in [6.45, 7) is 1.39. The predicted molar refractivity (Wildman–Crippen MR) is 76.9 cm³/mol. The molecule has 2 N–H and O–H groups in total. The molecule has 0 saturated carbocycles. The fraction of sp³-hybridized carbons (Fsp3) is 0.133. The zero-order valence-corrected chi connectivity index (χ0v) is 11.5. The number of alkyl halides is 3. The van der Waals surface area contributed by atoms with Gasteiger partial charge in [-0.3, -0.25) is 0 Å². The van der Waals surface area contributed by atoms with Crippen molar-refractivity contribution in [3.8, 4) is 11.1 Å². The summed E-state index contributed by atoms with van der Waals surface area (Å²) in [4.78, 5) is 11.7. The normalized spacial score (nSPS) is 11.8. The number of nitrogens with zero attached hydrogens (tertiary/aromatic N) is 3. The second-order valence-corrected chi connectivity index (χ2v) is 4.85. The SMILES string of the molecule is Cc1c(C(F)(F)F)cnc(N)c1-c1ccc2cncnc2c1. The van der Waals surface area contributed by atoms with E-state index in [0.29, 0.717) is 11.1 Å². The molecule has 0 spiro atoms. The fourth-order valence-electron chi connectivity index (χ4n) is 2.40. The van der Waals surface area contributed by atoms with Gasteiger partial charge in [-0.2, -0.15) is 13.2 Å². The maximum absolute atomic E-state index is 13.0. The number of hydrogen-bond donors (Lipinski definition) is 1. The minimum absolute atomic E-state index is 0.0495. The Morgan fingerprint density at radius 1 is 1.09 bits per heavy atom. The van der Waals surface area contributed by atoms with Crippen molar-refractivity contribution in [3.63, 3.8) is 0 Å². The van der Waals surface area contributed by atoms with E-state index in [1.165, 1.54) is 13.3 Å². The molecule has 0 saturated heterocycles. The van der Waals surface area contributed by atoms with E-state index in [1.807, 2.05) is 0 Å². The average Bonchev–Trinajstić information content (AvgIpc) is 2.45. The molecule has 22 heavy (non-hydrogen) atoms. The summed E-state index contributed by atoms with van der Waals surface area (Å²) in [6.07, 6.45) is -0.699. The fourth-order valence-corrected chi connectivity index (χ4v) is 2.40. The van der Waals surface area contributed by atoms with Crippen LogP contribution in [0.5, 0.6) is 0 Å². The lowest BCUT2D eigenvalue weighted by Crippen LogP contribution is -2.11. The number of hydrogen-bond acceptors (Lipinski definition) is 4. The Labute approximate surface area is 123 Å². The Kier molecular flexibility index (Phi) is 3.20. The van der Waals surface area contributed by atoms with Gasteiger partial charge in [0.15, 0.2) is 0 Å². The van der Waals surface area contributed by atoms with Crippen molar-refractivity contribution in [2.75, 3.05) is 5.73 Å². The zero-order chi connectivity index (χ0) is 15.9. The van der Waals surface area contributed by atoms with E-state index in [9.17, 15) is 13.2 Å². The lowest BCUT2D eigenvalue weighted by molar-refractivity contribution is -0.138. The van der Waals surface area contributed by atoms with E-state index >= 15 is 0 Å². The van der Waals surface area contributed by atoms with E-state index in [2.05, 4.69) is 15.0 Å². The predicted octanol–water partition coefficient (Wildman–Crippen LogP) is 3.60. The van der Waals surface area contributed by atoms with Crippen molar-refractivity contribution >= 4 is 16.7 Å². The molecule has 0 aliphatic rings. The number of pyridine rings is 1. The number of rotatable bonds is 1. The van der Waals surface area contributed by atoms with Gasteiger partial charge in [0, 0.05) is 23.3 Å². The maximum Gasteiger partial charge on any atom is 0.418 e. The van der Waals surface area contributed by atoms with Crippen LogP contribution in [0.1, 0.15) is 11.1 Å². The first kappa shape index (κ1) is 14.2. The monoisotopic (exact) mass is 304 g/mol. The summed E-state index contributed by atoms with van der Waals surface area (Å²) in [7, 11) is 0. The maximum atomic E-state index is 13.0. The molecule has 0 bridgehead atoms. The van der Waals surface area contributed by atoms with Crippen LogP contribution in [-0.4, -0.2) is 15.0 Å². The van der Waals surface area contributed by atoms with Gasteiger partial charge >= 0.3 is 6.18 Å². The zero-order valence-electron chi connectivity index (χ0n) is 11.5. The van der Waals surface area contributed by atoms with Crippen LogP contribution in [0.25, 0.3) is 22.0 Å². The van der Waals surface area contributed by atoms with Crippen LogP contribution in [0.2, 0.25) is 0 Å². The summed E-state index contributed by atoms with van der Waals surface area (Å²) in [5.41, 5.74) is 6.50. The lowest BCUT2D eigenvalue weighted by Gasteiger charge is -2.15. The van der Waals surface area contributed by atoms with Crippen LogP contribution in [0.3, 0.4) is 0 Å².